The Morgan fingerprint density at radius 1 is 1.43 bits per heavy atom. The quantitative estimate of drug-likeness (QED) is 0.723. The van der Waals surface area contributed by atoms with E-state index in [1.54, 1.807) is 0 Å². The van der Waals surface area contributed by atoms with Crippen LogP contribution >= 0.6 is 0 Å². The monoisotopic (exact) mass is 315 g/mol. The number of nitrogens with zero attached hydrogens (tertiary/aromatic N) is 1. The highest BCUT2D eigenvalue weighted by Gasteiger charge is 2.37. The third-order valence-corrected chi connectivity index (χ3v) is 5.65. The molecule has 0 spiro atoms. The normalized spacial score (nSPS) is 18.2. The molecule has 1 fully saturated rings. The molecule has 0 amide bonds. The Kier molecular flexibility index (Phi) is 4.40. The summed E-state index contributed by atoms with van der Waals surface area (Å²) in [6.45, 7) is 0.329. The number of aromatic carboxylic acids is 1. The van der Waals surface area contributed by atoms with Gasteiger partial charge in [0.1, 0.15) is 10.6 Å². The molecule has 0 atom stereocenters. The van der Waals surface area contributed by atoms with Crippen molar-refractivity contribution in [1.29, 1.82) is 0 Å². The Bertz CT molecular complexity index is 615. The second kappa shape index (κ2) is 5.78. The number of rotatable bonds is 6. The maximum Gasteiger partial charge on any atom is 0.352 e. The fraction of sp³-hybridized carbons (Fsp3) is 0.615. The highest BCUT2D eigenvalue weighted by Crippen LogP contribution is 2.33. The maximum absolute atomic E-state index is 12.2. The van der Waals surface area contributed by atoms with E-state index in [2.05, 4.69) is 14.6 Å². The van der Waals surface area contributed by atoms with E-state index >= 15 is 0 Å². The molecule has 118 valence electrons. The second-order valence-corrected chi connectivity index (χ2v) is 7.47. The lowest BCUT2D eigenvalue weighted by Gasteiger charge is -2.36. The molecule has 0 radical (unpaired) electrons. The Morgan fingerprint density at radius 2 is 2.05 bits per heavy atom. The molecule has 1 aliphatic carbocycles. The molecule has 0 aliphatic heterocycles. The molecule has 21 heavy (non-hydrogen) atoms. The molecule has 0 unspecified atom stereocenters. The zero-order valence-electron chi connectivity index (χ0n) is 12.2. The molecule has 2 rings (SSSR count). The van der Waals surface area contributed by atoms with Crippen LogP contribution in [0.3, 0.4) is 0 Å². The molecule has 7 nitrogen and oxygen atoms in total. The van der Waals surface area contributed by atoms with Crippen molar-refractivity contribution in [1.82, 2.24) is 14.6 Å². The van der Waals surface area contributed by atoms with Gasteiger partial charge in [0.05, 0.1) is 0 Å². The molecule has 1 aromatic heterocycles. The van der Waals surface area contributed by atoms with Crippen LogP contribution in [0.4, 0.5) is 0 Å². The van der Waals surface area contributed by atoms with Crippen LogP contribution < -0.4 is 4.72 Å². The smallest absolute Gasteiger partial charge is 0.352 e. The lowest BCUT2D eigenvalue weighted by atomic mass is 9.97. The zero-order valence-corrected chi connectivity index (χ0v) is 13.0. The Morgan fingerprint density at radius 3 is 2.52 bits per heavy atom. The van der Waals surface area contributed by atoms with Crippen LogP contribution in [0.15, 0.2) is 17.2 Å². The number of carboxylic acid groups (broad SMARTS) is 1. The molecule has 0 saturated heterocycles. The first-order valence-corrected chi connectivity index (χ1v) is 8.34. The number of hydrogen-bond acceptors (Lipinski definition) is 4. The van der Waals surface area contributed by atoms with Gasteiger partial charge in [-0.25, -0.2) is 17.9 Å². The van der Waals surface area contributed by atoms with Crippen molar-refractivity contribution < 1.29 is 18.3 Å². The highest BCUT2D eigenvalue weighted by atomic mass is 32.2. The van der Waals surface area contributed by atoms with Crippen LogP contribution in [0, 0.1) is 0 Å². The largest absolute Gasteiger partial charge is 0.477 e. The summed E-state index contributed by atoms with van der Waals surface area (Å²) in [4.78, 5) is 15.3. The molecular weight excluding hydrogens is 294 g/mol. The van der Waals surface area contributed by atoms with Crippen LogP contribution in [0.5, 0.6) is 0 Å². The van der Waals surface area contributed by atoms with Gasteiger partial charge in [0.25, 0.3) is 0 Å². The van der Waals surface area contributed by atoms with E-state index in [0.29, 0.717) is 6.54 Å². The Hall–Kier alpha value is -1.38. The van der Waals surface area contributed by atoms with Crippen LogP contribution in [0.25, 0.3) is 0 Å². The summed E-state index contributed by atoms with van der Waals surface area (Å²) in [5.74, 6) is -1.18. The van der Waals surface area contributed by atoms with Gasteiger partial charge in [-0.2, -0.15) is 0 Å². The van der Waals surface area contributed by atoms with Gasteiger partial charge >= 0.3 is 5.97 Å². The molecule has 1 heterocycles. The summed E-state index contributed by atoms with van der Waals surface area (Å²) >= 11 is 0. The first-order valence-electron chi connectivity index (χ1n) is 6.86. The van der Waals surface area contributed by atoms with E-state index in [0.717, 1.165) is 31.7 Å². The fourth-order valence-electron chi connectivity index (χ4n) is 2.78. The van der Waals surface area contributed by atoms with Crippen molar-refractivity contribution >= 4 is 16.0 Å². The number of H-pyrrole nitrogens is 1. The van der Waals surface area contributed by atoms with Crippen molar-refractivity contribution in [3.05, 3.63) is 18.0 Å². The number of nitrogens with one attached hydrogen (secondary N) is 2. The maximum atomic E-state index is 12.2. The predicted molar refractivity (Wildman–Crippen MR) is 77.8 cm³/mol. The van der Waals surface area contributed by atoms with Gasteiger partial charge < -0.3 is 15.0 Å². The second-order valence-electron chi connectivity index (χ2n) is 5.70. The van der Waals surface area contributed by atoms with E-state index in [9.17, 15) is 13.2 Å². The lowest BCUT2D eigenvalue weighted by molar-refractivity contribution is 0.0691. The standard InChI is InChI=1S/C13H21N3O4S/c1-16(2)13(5-3-4-6-13)9-15-21(19,20)10-7-11(12(17)18)14-8-10/h7-8,14-15H,3-6,9H2,1-2H3,(H,17,18). The van der Waals surface area contributed by atoms with Crippen molar-refractivity contribution in [2.45, 2.75) is 36.1 Å². The minimum Gasteiger partial charge on any atom is -0.477 e. The lowest BCUT2D eigenvalue weighted by Crippen LogP contribution is -2.50. The molecule has 3 N–H and O–H groups in total. The van der Waals surface area contributed by atoms with Gasteiger partial charge in [-0.1, -0.05) is 12.8 Å². The average molecular weight is 315 g/mol. The van der Waals surface area contributed by atoms with Crippen molar-refractivity contribution in [2.24, 2.45) is 0 Å². The van der Waals surface area contributed by atoms with E-state index in [4.69, 9.17) is 5.11 Å². The number of sulfonamides is 1. The van der Waals surface area contributed by atoms with Crippen LogP contribution in [-0.4, -0.2) is 55.6 Å². The molecule has 1 aromatic rings. The van der Waals surface area contributed by atoms with Gasteiger partial charge in [-0.15, -0.1) is 0 Å². The molecule has 1 saturated carbocycles. The van der Waals surface area contributed by atoms with E-state index in [-0.39, 0.29) is 16.1 Å². The number of aromatic amines is 1. The summed E-state index contributed by atoms with van der Waals surface area (Å²) in [5, 5.41) is 8.83. The Labute approximate surface area is 124 Å². The van der Waals surface area contributed by atoms with Crippen LogP contribution in [0.2, 0.25) is 0 Å². The Balaban J connectivity index is 2.12. The molecule has 8 heteroatoms. The highest BCUT2D eigenvalue weighted by molar-refractivity contribution is 7.89. The minimum atomic E-state index is -3.70. The minimum absolute atomic E-state index is 0.0493. The third kappa shape index (κ3) is 3.28. The molecule has 1 aliphatic rings. The molecule has 0 aromatic carbocycles. The third-order valence-electron chi connectivity index (χ3n) is 4.27. The SMILES string of the molecule is CN(C)C1(CNS(=O)(=O)c2c[nH]c(C(=O)O)c2)CCCC1. The van der Waals surface area contributed by atoms with Gasteiger partial charge in [-0.05, 0) is 33.0 Å². The van der Waals surface area contributed by atoms with Gasteiger partial charge in [0.15, 0.2) is 0 Å². The number of hydrogen-bond donors (Lipinski definition) is 3. The van der Waals surface area contributed by atoms with Crippen LogP contribution in [0.1, 0.15) is 36.2 Å². The summed E-state index contributed by atoms with van der Waals surface area (Å²) in [7, 11) is 0.210. The first-order chi connectivity index (χ1) is 9.77. The topological polar surface area (TPSA) is 103 Å². The number of carbonyl (C=O) groups is 1. The van der Waals surface area contributed by atoms with Gasteiger partial charge in [0.2, 0.25) is 10.0 Å². The molecular formula is C13H21N3O4S. The van der Waals surface area contributed by atoms with Crippen LogP contribution in [-0.2, 0) is 10.0 Å². The summed E-state index contributed by atoms with van der Waals surface area (Å²) in [5.41, 5.74) is -0.294. The summed E-state index contributed by atoms with van der Waals surface area (Å²) < 4.78 is 27.1. The zero-order chi connectivity index (χ0) is 15.7. The fourth-order valence-corrected chi connectivity index (χ4v) is 3.89. The van der Waals surface area contributed by atoms with Gasteiger partial charge in [-0.3, -0.25) is 0 Å². The van der Waals surface area contributed by atoms with E-state index < -0.39 is 16.0 Å². The van der Waals surface area contributed by atoms with Crippen molar-refractivity contribution in [3.8, 4) is 0 Å². The first kappa shape index (κ1) is 16.0. The van der Waals surface area contributed by atoms with Gasteiger partial charge in [0, 0.05) is 18.3 Å². The summed E-state index contributed by atoms with van der Waals surface area (Å²) in [6, 6.07) is 1.13. The van der Waals surface area contributed by atoms with E-state index in [1.165, 1.54) is 6.20 Å². The number of carboxylic acids is 1. The molecule has 0 bridgehead atoms. The summed E-state index contributed by atoms with van der Waals surface area (Å²) in [6.07, 6.45) is 5.29. The van der Waals surface area contributed by atoms with Crippen molar-refractivity contribution in [2.75, 3.05) is 20.6 Å². The van der Waals surface area contributed by atoms with E-state index in [1.807, 2.05) is 14.1 Å². The average Bonchev–Trinajstić information content (AvgIpc) is 3.07. The number of likely N-dealkylation sites (N-methyl/N-ethyl adjacent to an activating group) is 1. The van der Waals surface area contributed by atoms with Crippen molar-refractivity contribution in [3.63, 3.8) is 0 Å². The number of aromatic nitrogens is 1. The predicted octanol–water partition coefficient (Wildman–Crippen LogP) is 0.866.